The zero-order valence-electron chi connectivity index (χ0n) is 17.1. The average molecular weight is 391 g/mol. The SMILES string of the molecule is Cc1cccc(-n2nnc(C(=O)Nc3ccc(NC(=O)CC(C)C)cc3)c2C)c1. The summed E-state index contributed by atoms with van der Waals surface area (Å²) in [5, 5.41) is 13.8. The van der Waals surface area contributed by atoms with Crippen molar-refractivity contribution in [1.82, 2.24) is 15.0 Å². The molecule has 0 aliphatic heterocycles. The van der Waals surface area contributed by atoms with E-state index in [0.717, 1.165) is 11.3 Å². The van der Waals surface area contributed by atoms with E-state index in [1.165, 1.54) is 0 Å². The number of amides is 2. The van der Waals surface area contributed by atoms with E-state index in [0.29, 0.717) is 29.4 Å². The minimum absolute atomic E-state index is 0.0276. The van der Waals surface area contributed by atoms with E-state index in [2.05, 4.69) is 20.9 Å². The van der Waals surface area contributed by atoms with E-state index in [-0.39, 0.29) is 17.5 Å². The minimum atomic E-state index is -0.335. The van der Waals surface area contributed by atoms with Crippen LogP contribution in [0.25, 0.3) is 5.69 Å². The number of aromatic nitrogens is 3. The Hall–Kier alpha value is -3.48. The Kier molecular flexibility index (Phi) is 6.07. The maximum Gasteiger partial charge on any atom is 0.278 e. The Balaban J connectivity index is 1.68. The van der Waals surface area contributed by atoms with Crippen molar-refractivity contribution in [3.63, 3.8) is 0 Å². The second-order valence-corrected chi connectivity index (χ2v) is 7.45. The predicted octanol–water partition coefficient (Wildman–Crippen LogP) is 4.12. The van der Waals surface area contributed by atoms with Crippen LogP contribution in [0.4, 0.5) is 11.4 Å². The highest BCUT2D eigenvalue weighted by Gasteiger charge is 2.17. The summed E-state index contributed by atoms with van der Waals surface area (Å²) in [5.74, 6) is -0.0665. The summed E-state index contributed by atoms with van der Waals surface area (Å²) in [5.41, 5.74) is 4.18. The number of hydrogen-bond acceptors (Lipinski definition) is 4. The molecule has 2 N–H and O–H groups in total. The normalized spacial score (nSPS) is 10.8. The summed E-state index contributed by atoms with van der Waals surface area (Å²) in [6, 6.07) is 14.8. The molecular formula is C22H25N5O2. The molecule has 0 fully saturated rings. The number of carbonyl (C=O) groups excluding carboxylic acids is 2. The van der Waals surface area contributed by atoms with Crippen molar-refractivity contribution in [3.05, 3.63) is 65.5 Å². The number of carbonyl (C=O) groups is 2. The maximum atomic E-state index is 12.6. The smallest absolute Gasteiger partial charge is 0.278 e. The lowest BCUT2D eigenvalue weighted by atomic mass is 10.1. The Labute approximate surface area is 170 Å². The zero-order valence-corrected chi connectivity index (χ0v) is 17.1. The molecule has 0 saturated carbocycles. The quantitative estimate of drug-likeness (QED) is 0.661. The van der Waals surface area contributed by atoms with E-state index in [1.807, 2.05) is 52.0 Å². The van der Waals surface area contributed by atoms with Crippen molar-refractivity contribution in [2.75, 3.05) is 10.6 Å². The summed E-state index contributed by atoms with van der Waals surface area (Å²) in [6.07, 6.45) is 0.467. The van der Waals surface area contributed by atoms with Crippen LogP contribution in [-0.2, 0) is 4.79 Å². The van der Waals surface area contributed by atoms with Crippen molar-refractivity contribution < 1.29 is 9.59 Å². The molecule has 7 nitrogen and oxygen atoms in total. The van der Waals surface area contributed by atoms with Gasteiger partial charge in [-0.25, -0.2) is 4.68 Å². The van der Waals surface area contributed by atoms with Crippen molar-refractivity contribution >= 4 is 23.2 Å². The molecule has 2 amide bonds. The van der Waals surface area contributed by atoms with Gasteiger partial charge in [-0.1, -0.05) is 31.2 Å². The third kappa shape index (κ3) is 5.07. The van der Waals surface area contributed by atoms with Gasteiger partial charge in [0.05, 0.1) is 11.4 Å². The number of rotatable bonds is 6. The number of nitrogens with one attached hydrogen (secondary N) is 2. The third-order valence-electron chi connectivity index (χ3n) is 4.38. The van der Waals surface area contributed by atoms with Crippen LogP contribution in [0.2, 0.25) is 0 Å². The van der Waals surface area contributed by atoms with Gasteiger partial charge in [0, 0.05) is 17.8 Å². The minimum Gasteiger partial charge on any atom is -0.326 e. The molecule has 2 aromatic carbocycles. The van der Waals surface area contributed by atoms with Gasteiger partial charge in [-0.2, -0.15) is 0 Å². The molecule has 0 aliphatic carbocycles. The summed E-state index contributed by atoms with van der Waals surface area (Å²) in [7, 11) is 0. The Morgan fingerprint density at radius 3 is 2.28 bits per heavy atom. The second-order valence-electron chi connectivity index (χ2n) is 7.45. The van der Waals surface area contributed by atoms with Crippen LogP contribution >= 0.6 is 0 Å². The number of nitrogens with zero attached hydrogens (tertiary/aromatic N) is 3. The Morgan fingerprint density at radius 2 is 1.66 bits per heavy atom. The van der Waals surface area contributed by atoms with Crippen LogP contribution in [-0.4, -0.2) is 26.8 Å². The first-order chi connectivity index (χ1) is 13.8. The highest BCUT2D eigenvalue weighted by Crippen LogP contribution is 2.17. The Morgan fingerprint density at radius 1 is 1.00 bits per heavy atom. The van der Waals surface area contributed by atoms with E-state index >= 15 is 0 Å². The van der Waals surface area contributed by atoms with Crippen molar-refractivity contribution in [2.24, 2.45) is 5.92 Å². The highest BCUT2D eigenvalue weighted by atomic mass is 16.2. The number of benzene rings is 2. The molecule has 0 spiro atoms. The van der Waals surface area contributed by atoms with Gasteiger partial charge in [0.1, 0.15) is 0 Å². The molecule has 0 aliphatic rings. The van der Waals surface area contributed by atoms with E-state index < -0.39 is 0 Å². The standard InChI is InChI=1S/C22H25N5O2/c1-14(2)12-20(28)23-17-8-10-18(11-9-17)24-22(29)21-16(4)27(26-25-21)19-7-5-6-15(3)13-19/h5-11,13-14H,12H2,1-4H3,(H,23,28)(H,24,29). The Bertz CT molecular complexity index is 1020. The van der Waals surface area contributed by atoms with Crippen molar-refractivity contribution in [1.29, 1.82) is 0 Å². The van der Waals surface area contributed by atoms with Gasteiger partial charge in [-0.15, -0.1) is 5.10 Å². The second kappa shape index (κ2) is 8.68. The van der Waals surface area contributed by atoms with Gasteiger partial charge in [-0.05, 0) is 61.7 Å². The molecule has 0 radical (unpaired) electrons. The topological polar surface area (TPSA) is 88.9 Å². The fourth-order valence-electron chi connectivity index (χ4n) is 2.95. The van der Waals surface area contributed by atoms with Crippen LogP contribution in [0.15, 0.2) is 48.5 Å². The zero-order chi connectivity index (χ0) is 21.0. The summed E-state index contributed by atoms with van der Waals surface area (Å²) >= 11 is 0. The van der Waals surface area contributed by atoms with Crippen LogP contribution < -0.4 is 10.6 Å². The predicted molar refractivity (Wildman–Crippen MR) is 113 cm³/mol. The van der Waals surface area contributed by atoms with Gasteiger partial charge in [0.15, 0.2) is 5.69 Å². The van der Waals surface area contributed by atoms with Gasteiger partial charge < -0.3 is 10.6 Å². The lowest BCUT2D eigenvalue weighted by molar-refractivity contribution is -0.116. The first-order valence-corrected chi connectivity index (χ1v) is 9.54. The largest absolute Gasteiger partial charge is 0.326 e. The van der Waals surface area contributed by atoms with Crippen LogP contribution in [0.3, 0.4) is 0 Å². The summed E-state index contributed by atoms with van der Waals surface area (Å²) in [6.45, 7) is 7.80. The van der Waals surface area contributed by atoms with Crippen LogP contribution in [0, 0.1) is 19.8 Å². The molecule has 3 rings (SSSR count). The fraction of sp³-hybridized carbons (Fsp3) is 0.273. The van der Waals surface area contributed by atoms with Crippen molar-refractivity contribution in [2.45, 2.75) is 34.1 Å². The molecule has 7 heteroatoms. The highest BCUT2D eigenvalue weighted by molar-refractivity contribution is 6.03. The molecular weight excluding hydrogens is 366 g/mol. The molecule has 0 saturated heterocycles. The molecule has 0 bridgehead atoms. The number of anilines is 2. The van der Waals surface area contributed by atoms with E-state index in [4.69, 9.17) is 0 Å². The third-order valence-corrected chi connectivity index (χ3v) is 4.38. The number of aryl methyl sites for hydroxylation is 1. The van der Waals surface area contributed by atoms with Crippen molar-refractivity contribution in [3.8, 4) is 5.69 Å². The maximum absolute atomic E-state index is 12.6. The molecule has 0 unspecified atom stereocenters. The molecule has 1 aromatic heterocycles. The van der Waals surface area contributed by atoms with Gasteiger partial charge >= 0.3 is 0 Å². The fourth-order valence-corrected chi connectivity index (χ4v) is 2.95. The van der Waals surface area contributed by atoms with Crippen LogP contribution in [0.1, 0.15) is 42.0 Å². The molecule has 3 aromatic rings. The average Bonchev–Trinajstić information content (AvgIpc) is 3.04. The van der Waals surface area contributed by atoms with Gasteiger partial charge in [0.25, 0.3) is 5.91 Å². The molecule has 1 heterocycles. The van der Waals surface area contributed by atoms with E-state index in [1.54, 1.807) is 28.9 Å². The summed E-state index contributed by atoms with van der Waals surface area (Å²) < 4.78 is 1.65. The first kappa shape index (κ1) is 20.3. The summed E-state index contributed by atoms with van der Waals surface area (Å²) in [4.78, 5) is 24.5. The molecule has 29 heavy (non-hydrogen) atoms. The van der Waals surface area contributed by atoms with E-state index in [9.17, 15) is 9.59 Å². The monoisotopic (exact) mass is 391 g/mol. The lowest BCUT2D eigenvalue weighted by Gasteiger charge is -2.09. The molecule has 0 atom stereocenters. The van der Waals surface area contributed by atoms with Gasteiger partial charge in [0.2, 0.25) is 5.91 Å². The number of hydrogen-bond donors (Lipinski definition) is 2. The van der Waals surface area contributed by atoms with Gasteiger partial charge in [-0.3, -0.25) is 9.59 Å². The first-order valence-electron chi connectivity index (χ1n) is 9.54. The molecule has 150 valence electrons. The lowest BCUT2D eigenvalue weighted by Crippen LogP contribution is -2.15. The van der Waals surface area contributed by atoms with Crippen LogP contribution in [0.5, 0.6) is 0 Å².